The standard InChI is InChI=1S/C21H16ClF4N5O3/c1-9-4-12(6-27)15(22)14(5-9)34-16-17(21(25,26)20(23)24)28-8-31(19(16)33)7-13-10(2)29-11(3)30-18(13)32/h4-5,8,20H,7H2,1-3H3,(H,29,30,32). The van der Waals surface area contributed by atoms with Crippen molar-refractivity contribution in [2.75, 3.05) is 0 Å². The van der Waals surface area contributed by atoms with Crippen LogP contribution in [0.25, 0.3) is 0 Å². The molecular weight excluding hydrogens is 482 g/mol. The van der Waals surface area contributed by atoms with Crippen molar-refractivity contribution >= 4 is 11.6 Å². The second-order valence-corrected chi connectivity index (χ2v) is 7.71. The van der Waals surface area contributed by atoms with Gasteiger partial charge in [-0.3, -0.25) is 14.2 Å². The highest BCUT2D eigenvalue weighted by molar-refractivity contribution is 6.33. The van der Waals surface area contributed by atoms with Gasteiger partial charge >= 0.3 is 12.3 Å². The highest BCUT2D eigenvalue weighted by Gasteiger charge is 2.48. The number of aryl methyl sites for hydroxylation is 3. The molecule has 2 heterocycles. The minimum absolute atomic E-state index is 0.0224. The predicted octanol–water partition coefficient (Wildman–Crippen LogP) is 3.97. The van der Waals surface area contributed by atoms with E-state index in [9.17, 15) is 32.4 Å². The molecule has 1 N–H and O–H groups in total. The van der Waals surface area contributed by atoms with E-state index in [2.05, 4.69) is 15.0 Å². The molecule has 0 bridgehead atoms. The monoisotopic (exact) mass is 497 g/mol. The molecule has 0 radical (unpaired) electrons. The molecule has 0 saturated heterocycles. The summed E-state index contributed by atoms with van der Waals surface area (Å²) in [6.45, 7) is 4.13. The second kappa shape index (κ2) is 9.26. The first kappa shape index (κ1) is 24.9. The average Bonchev–Trinajstić information content (AvgIpc) is 2.74. The van der Waals surface area contributed by atoms with Crippen LogP contribution in [-0.2, 0) is 12.5 Å². The van der Waals surface area contributed by atoms with Gasteiger partial charge in [0.15, 0.2) is 5.69 Å². The van der Waals surface area contributed by atoms with Crippen molar-refractivity contribution in [3.63, 3.8) is 0 Å². The smallest absolute Gasteiger partial charge is 0.352 e. The number of hydrogen-bond acceptors (Lipinski definition) is 6. The Balaban J connectivity index is 2.23. The number of ether oxygens (including phenoxy) is 1. The first-order chi connectivity index (χ1) is 15.9. The van der Waals surface area contributed by atoms with E-state index in [1.165, 1.54) is 19.1 Å². The van der Waals surface area contributed by atoms with Crippen LogP contribution in [0.1, 0.15) is 33.9 Å². The predicted molar refractivity (Wildman–Crippen MR) is 113 cm³/mol. The quantitative estimate of drug-likeness (QED) is 0.515. The van der Waals surface area contributed by atoms with Crippen LogP contribution in [0.4, 0.5) is 17.6 Å². The molecule has 2 aromatic heterocycles. The van der Waals surface area contributed by atoms with Crippen LogP contribution in [0.15, 0.2) is 28.0 Å². The number of nitriles is 1. The first-order valence-electron chi connectivity index (χ1n) is 9.57. The van der Waals surface area contributed by atoms with E-state index >= 15 is 0 Å². The lowest BCUT2D eigenvalue weighted by molar-refractivity contribution is -0.139. The summed E-state index contributed by atoms with van der Waals surface area (Å²) in [6.07, 6.45) is -3.59. The van der Waals surface area contributed by atoms with Gasteiger partial charge in [-0.1, -0.05) is 11.6 Å². The van der Waals surface area contributed by atoms with Crippen LogP contribution >= 0.6 is 11.6 Å². The summed E-state index contributed by atoms with van der Waals surface area (Å²) in [4.78, 5) is 35.3. The molecule has 0 saturated carbocycles. The fourth-order valence-electron chi connectivity index (χ4n) is 3.12. The van der Waals surface area contributed by atoms with Gasteiger partial charge in [0.05, 0.1) is 24.0 Å². The molecule has 13 heteroatoms. The van der Waals surface area contributed by atoms with Gasteiger partial charge in [-0.2, -0.15) is 14.0 Å². The molecular formula is C21H16ClF4N5O3. The van der Waals surface area contributed by atoms with E-state index in [0.29, 0.717) is 17.7 Å². The molecule has 0 aliphatic heterocycles. The number of nitrogens with zero attached hydrogens (tertiary/aromatic N) is 4. The van der Waals surface area contributed by atoms with Crippen LogP contribution in [-0.4, -0.2) is 25.9 Å². The molecule has 0 amide bonds. The van der Waals surface area contributed by atoms with E-state index in [-0.39, 0.29) is 27.6 Å². The van der Waals surface area contributed by atoms with E-state index in [1.807, 2.05) is 0 Å². The Bertz CT molecular complexity index is 1430. The van der Waals surface area contributed by atoms with Gasteiger partial charge in [-0.25, -0.2) is 18.7 Å². The lowest BCUT2D eigenvalue weighted by Crippen LogP contribution is -2.33. The minimum Gasteiger partial charge on any atom is -0.448 e. The SMILES string of the molecule is Cc1cc(C#N)c(Cl)c(Oc2c(C(F)(F)C(F)F)ncn(Cc3c(C)nc(C)[nH]c3=O)c2=O)c1. The fraction of sp³-hybridized carbons (Fsp3) is 0.286. The number of halogens is 5. The number of alkyl halides is 4. The van der Waals surface area contributed by atoms with E-state index in [0.717, 1.165) is 4.57 Å². The molecule has 178 valence electrons. The molecule has 3 rings (SSSR count). The molecule has 0 fully saturated rings. The molecule has 0 aliphatic carbocycles. The summed E-state index contributed by atoms with van der Waals surface area (Å²) >= 11 is 6.07. The Morgan fingerprint density at radius 3 is 2.53 bits per heavy atom. The number of aromatic nitrogens is 4. The molecule has 8 nitrogen and oxygen atoms in total. The van der Waals surface area contributed by atoms with Crippen molar-refractivity contribution in [1.82, 2.24) is 19.5 Å². The first-order valence-corrected chi connectivity index (χ1v) is 9.95. The molecule has 34 heavy (non-hydrogen) atoms. The van der Waals surface area contributed by atoms with Crippen molar-refractivity contribution in [3.8, 4) is 17.6 Å². The van der Waals surface area contributed by atoms with Gasteiger partial charge in [-0.15, -0.1) is 0 Å². The third kappa shape index (κ3) is 4.65. The largest absolute Gasteiger partial charge is 0.448 e. The van der Waals surface area contributed by atoms with Crippen LogP contribution < -0.4 is 15.9 Å². The van der Waals surface area contributed by atoms with Crippen molar-refractivity contribution < 1.29 is 22.3 Å². The number of nitrogens with one attached hydrogen (secondary N) is 1. The maximum Gasteiger partial charge on any atom is 0.352 e. The average molecular weight is 498 g/mol. The van der Waals surface area contributed by atoms with E-state index < -0.39 is 41.5 Å². The van der Waals surface area contributed by atoms with Crippen molar-refractivity contribution in [1.29, 1.82) is 5.26 Å². The normalized spacial score (nSPS) is 11.5. The van der Waals surface area contributed by atoms with E-state index in [4.69, 9.17) is 16.3 Å². The third-order valence-electron chi connectivity index (χ3n) is 4.77. The topological polar surface area (TPSA) is 114 Å². The Morgan fingerprint density at radius 2 is 1.94 bits per heavy atom. The van der Waals surface area contributed by atoms with Crippen LogP contribution in [0.3, 0.4) is 0 Å². The third-order valence-corrected chi connectivity index (χ3v) is 5.16. The number of H-pyrrole nitrogens is 1. The van der Waals surface area contributed by atoms with Crippen LogP contribution in [0, 0.1) is 32.1 Å². The molecule has 0 unspecified atom stereocenters. The Hall–Kier alpha value is -3.72. The van der Waals surface area contributed by atoms with Crippen molar-refractivity contribution in [2.45, 2.75) is 39.7 Å². The number of rotatable bonds is 6. The van der Waals surface area contributed by atoms with Crippen molar-refractivity contribution in [2.24, 2.45) is 0 Å². The minimum atomic E-state index is -4.85. The summed E-state index contributed by atoms with van der Waals surface area (Å²) < 4.78 is 60.9. The molecule has 0 aliphatic rings. The highest BCUT2D eigenvalue weighted by atomic mass is 35.5. The number of hydrogen-bond donors (Lipinski definition) is 1. The van der Waals surface area contributed by atoms with Gasteiger partial charge in [0.2, 0.25) is 5.75 Å². The van der Waals surface area contributed by atoms with E-state index in [1.54, 1.807) is 19.9 Å². The summed E-state index contributed by atoms with van der Waals surface area (Å²) in [5.41, 5.74) is -2.85. The van der Waals surface area contributed by atoms with Gasteiger partial charge in [0.1, 0.15) is 22.7 Å². The maximum atomic E-state index is 14.3. The number of benzene rings is 1. The van der Waals surface area contributed by atoms with Crippen molar-refractivity contribution in [3.05, 3.63) is 78.1 Å². The lowest BCUT2D eigenvalue weighted by atomic mass is 10.1. The molecule has 0 spiro atoms. The summed E-state index contributed by atoms with van der Waals surface area (Å²) in [5, 5.41) is 8.88. The highest BCUT2D eigenvalue weighted by Crippen LogP contribution is 2.40. The molecule has 1 aromatic carbocycles. The Labute approximate surface area is 194 Å². The van der Waals surface area contributed by atoms with Crippen LogP contribution in [0.2, 0.25) is 5.02 Å². The summed E-state index contributed by atoms with van der Waals surface area (Å²) in [5.74, 6) is -6.14. The Morgan fingerprint density at radius 1 is 1.26 bits per heavy atom. The molecule has 0 atom stereocenters. The van der Waals surface area contributed by atoms with Gasteiger partial charge < -0.3 is 9.72 Å². The van der Waals surface area contributed by atoms with Gasteiger partial charge in [-0.05, 0) is 38.5 Å². The summed E-state index contributed by atoms with van der Waals surface area (Å²) in [6, 6.07) is 4.40. The summed E-state index contributed by atoms with van der Waals surface area (Å²) in [7, 11) is 0. The maximum absolute atomic E-state index is 14.3. The number of aromatic amines is 1. The molecule has 3 aromatic rings. The second-order valence-electron chi connectivity index (χ2n) is 7.33. The fourth-order valence-corrected chi connectivity index (χ4v) is 3.31. The zero-order valence-electron chi connectivity index (χ0n) is 17.9. The van der Waals surface area contributed by atoms with Gasteiger partial charge in [0.25, 0.3) is 11.1 Å². The van der Waals surface area contributed by atoms with Gasteiger partial charge in [0, 0.05) is 5.69 Å². The van der Waals surface area contributed by atoms with Crippen LogP contribution in [0.5, 0.6) is 11.5 Å². The zero-order chi connectivity index (χ0) is 25.4. The Kier molecular flexibility index (Phi) is 6.79. The lowest BCUT2D eigenvalue weighted by Gasteiger charge is -2.19. The zero-order valence-corrected chi connectivity index (χ0v) is 18.7.